The van der Waals surface area contributed by atoms with E-state index >= 15 is 0 Å². The van der Waals surface area contributed by atoms with Crippen molar-refractivity contribution in [3.8, 4) is 0 Å². The fraction of sp³-hybridized carbons (Fsp3) is 0.143. The van der Waals surface area contributed by atoms with E-state index in [1.54, 1.807) is 18.5 Å². The van der Waals surface area contributed by atoms with E-state index in [0.29, 0.717) is 18.5 Å². The number of rotatable bonds is 4. The summed E-state index contributed by atoms with van der Waals surface area (Å²) in [6.07, 6.45) is 4.02. The van der Waals surface area contributed by atoms with E-state index in [-0.39, 0.29) is 5.78 Å². The molecule has 0 atom stereocenters. The summed E-state index contributed by atoms with van der Waals surface area (Å²) in [5.41, 5.74) is 8.20. The number of hydrogen-bond acceptors (Lipinski definition) is 3. The Kier molecular flexibility index (Phi) is 4.10. The van der Waals surface area contributed by atoms with Crippen LogP contribution in [-0.2, 0) is 17.6 Å². The van der Waals surface area contributed by atoms with Gasteiger partial charge in [-0.1, -0.05) is 28.1 Å². The summed E-state index contributed by atoms with van der Waals surface area (Å²) in [4.78, 5) is 15.9. The van der Waals surface area contributed by atoms with E-state index in [0.717, 1.165) is 15.6 Å². The maximum Gasteiger partial charge on any atom is 0.141 e. The number of ketones is 1. The van der Waals surface area contributed by atoms with Crippen LogP contribution in [0, 0.1) is 0 Å². The number of aromatic nitrogens is 1. The predicted molar refractivity (Wildman–Crippen MR) is 75.2 cm³/mol. The Labute approximate surface area is 114 Å². The van der Waals surface area contributed by atoms with Gasteiger partial charge in [0.1, 0.15) is 5.78 Å². The largest absolute Gasteiger partial charge is 0.398 e. The van der Waals surface area contributed by atoms with Crippen LogP contribution in [0.1, 0.15) is 11.1 Å². The maximum absolute atomic E-state index is 11.9. The molecule has 0 unspecified atom stereocenters. The molecule has 0 spiro atoms. The molecule has 1 heterocycles. The molecule has 92 valence electrons. The third-order valence-corrected chi connectivity index (χ3v) is 3.17. The second-order valence-electron chi connectivity index (χ2n) is 4.09. The molecule has 2 aromatic rings. The van der Waals surface area contributed by atoms with Gasteiger partial charge in [-0.3, -0.25) is 9.78 Å². The lowest BCUT2D eigenvalue weighted by Crippen LogP contribution is -2.08. The molecule has 0 aliphatic heterocycles. The first kappa shape index (κ1) is 12.8. The van der Waals surface area contributed by atoms with Crippen LogP contribution >= 0.6 is 15.9 Å². The van der Waals surface area contributed by atoms with Crippen LogP contribution in [-0.4, -0.2) is 10.8 Å². The molecular weight excluding hydrogens is 292 g/mol. The van der Waals surface area contributed by atoms with Crippen molar-refractivity contribution in [3.63, 3.8) is 0 Å². The molecular formula is C14H13BrN2O. The minimum absolute atomic E-state index is 0.136. The SMILES string of the molecule is Nc1ccncc1CC(=O)Cc1ccc(Br)cc1. The van der Waals surface area contributed by atoms with E-state index in [2.05, 4.69) is 20.9 Å². The zero-order valence-electron chi connectivity index (χ0n) is 9.77. The number of carbonyl (C=O) groups excluding carboxylic acids is 1. The molecule has 0 bridgehead atoms. The molecule has 0 aliphatic carbocycles. The van der Waals surface area contributed by atoms with Crippen LogP contribution in [0.3, 0.4) is 0 Å². The summed E-state index contributed by atoms with van der Waals surface area (Å²) >= 11 is 3.37. The standard InChI is InChI=1S/C14H13BrN2O/c15-12-3-1-10(2-4-12)7-13(18)8-11-9-17-6-5-14(11)16/h1-6,9H,7-8H2,(H2,16,17). The Hall–Kier alpha value is -1.68. The number of benzene rings is 1. The lowest BCUT2D eigenvalue weighted by atomic mass is 10.0. The van der Waals surface area contributed by atoms with E-state index in [4.69, 9.17) is 5.73 Å². The fourth-order valence-electron chi connectivity index (χ4n) is 1.69. The number of carbonyl (C=O) groups is 1. The molecule has 1 aromatic heterocycles. The lowest BCUT2D eigenvalue weighted by molar-refractivity contribution is -0.117. The molecule has 1 aromatic carbocycles. The number of nitrogens with zero attached hydrogens (tertiary/aromatic N) is 1. The van der Waals surface area contributed by atoms with E-state index in [1.165, 1.54) is 0 Å². The average molecular weight is 305 g/mol. The van der Waals surface area contributed by atoms with Crippen LogP contribution < -0.4 is 5.73 Å². The summed E-state index contributed by atoms with van der Waals surface area (Å²) in [7, 11) is 0. The van der Waals surface area contributed by atoms with Crippen molar-refractivity contribution in [1.29, 1.82) is 0 Å². The smallest absolute Gasteiger partial charge is 0.141 e. The molecule has 0 aliphatic rings. The summed E-state index contributed by atoms with van der Waals surface area (Å²) in [5, 5.41) is 0. The normalized spacial score (nSPS) is 10.3. The van der Waals surface area contributed by atoms with Crippen molar-refractivity contribution in [3.05, 3.63) is 58.3 Å². The van der Waals surface area contributed by atoms with Gasteiger partial charge in [0.2, 0.25) is 0 Å². The van der Waals surface area contributed by atoms with Gasteiger partial charge in [0.25, 0.3) is 0 Å². The first-order valence-corrected chi connectivity index (χ1v) is 6.39. The molecule has 2 rings (SSSR count). The molecule has 3 nitrogen and oxygen atoms in total. The van der Waals surface area contributed by atoms with Gasteiger partial charge in [0, 0.05) is 41.0 Å². The molecule has 0 radical (unpaired) electrons. The summed E-state index contributed by atoms with van der Waals surface area (Å²) in [6.45, 7) is 0. The second kappa shape index (κ2) is 5.78. The zero-order valence-corrected chi connectivity index (χ0v) is 11.4. The van der Waals surface area contributed by atoms with Crippen LogP contribution in [0.15, 0.2) is 47.2 Å². The predicted octanol–water partition coefficient (Wildman–Crippen LogP) is 2.78. The average Bonchev–Trinajstić information content (AvgIpc) is 2.35. The van der Waals surface area contributed by atoms with Crippen molar-refractivity contribution in [2.75, 3.05) is 5.73 Å². The van der Waals surface area contributed by atoms with Crippen molar-refractivity contribution < 1.29 is 4.79 Å². The zero-order chi connectivity index (χ0) is 13.0. The van der Waals surface area contributed by atoms with Gasteiger partial charge in [-0.25, -0.2) is 0 Å². The van der Waals surface area contributed by atoms with Crippen LogP contribution in [0.25, 0.3) is 0 Å². The molecule has 0 fully saturated rings. The second-order valence-corrected chi connectivity index (χ2v) is 5.01. The Morgan fingerprint density at radius 1 is 1.17 bits per heavy atom. The summed E-state index contributed by atoms with van der Waals surface area (Å²) in [5.74, 6) is 0.136. The van der Waals surface area contributed by atoms with Gasteiger partial charge in [-0.2, -0.15) is 0 Å². The van der Waals surface area contributed by atoms with E-state index < -0.39 is 0 Å². The molecule has 2 N–H and O–H groups in total. The third kappa shape index (κ3) is 3.40. The highest BCUT2D eigenvalue weighted by Crippen LogP contribution is 2.14. The van der Waals surface area contributed by atoms with Gasteiger partial charge in [-0.05, 0) is 23.8 Å². The minimum atomic E-state index is 0.136. The Morgan fingerprint density at radius 3 is 2.56 bits per heavy atom. The number of nitrogens with two attached hydrogens (primary N) is 1. The molecule has 4 heteroatoms. The van der Waals surface area contributed by atoms with Crippen molar-refractivity contribution >= 4 is 27.4 Å². The number of Topliss-reactive ketones (excluding diaryl/α,β-unsaturated/α-hetero) is 1. The highest BCUT2D eigenvalue weighted by atomic mass is 79.9. The van der Waals surface area contributed by atoms with Crippen molar-refractivity contribution in [2.24, 2.45) is 0 Å². The quantitative estimate of drug-likeness (QED) is 0.945. The van der Waals surface area contributed by atoms with E-state index in [1.807, 2.05) is 24.3 Å². The summed E-state index contributed by atoms with van der Waals surface area (Å²) < 4.78 is 1.01. The van der Waals surface area contributed by atoms with Gasteiger partial charge in [-0.15, -0.1) is 0 Å². The number of nitrogen functional groups attached to an aromatic ring is 1. The van der Waals surface area contributed by atoms with Crippen molar-refractivity contribution in [1.82, 2.24) is 4.98 Å². The highest BCUT2D eigenvalue weighted by molar-refractivity contribution is 9.10. The number of hydrogen-bond donors (Lipinski definition) is 1. The fourth-order valence-corrected chi connectivity index (χ4v) is 1.95. The monoisotopic (exact) mass is 304 g/mol. The van der Waals surface area contributed by atoms with E-state index in [9.17, 15) is 4.79 Å². The van der Waals surface area contributed by atoms with Gasteiger partial charge < -0.3 is 5.73 Å². The van der Waals surface area contributed by atoms with Crippen molar-refractivity contribution in [2.45, 2.75) is 12.8 Å². The number of anilines is 1. The lowest BCUT2D eigenvalue weighted by Gasteiger charge is -2.04. The van der Waals surface area contributed by atoms with Gasteiger partial charge in [0.15, 0.2) is 0 Å². The van der Waals surface area contributed by atoms with Gasteiger partial charge in [0.05, 0.1) is 0 Å². The number of halogens is 1. The maximum atomic E-state index is 11.9. The molecule has 18 heavy (non-hydrogen) atoms. The third-order valence-electron chi connectivity index (χ3n) is 2.64. The first-order chi connectivity index (χ1) is 8.65. The topological polar surface area (TPSA) is 56.0 Å². The molecule has 0 saturated carbocycles. The Bertz CT molecular complexity index is 552. The Balaban J connectivity index is 2.01. The van der Waals surface area contributed by atoms with Gasteiger partial charge >= 0.3 is 0 Å². The highest BCUT2D eigenvalue weighted by Gasteiger charge is 2.07. The molecule has 0 amide bonds. The summed E-state index contributed by atoms with van der Waals surface area (Å²) in [6, 6.07) is 9.45. The van der Waals surface area contributed by atoms with Crippen LogP contribution in [0.2, 0.25) is 0 Å². The van der Waals surface area contributed by atoms with Crippen LogP contribution in [0.5, 0.6) is 0 Å². The molecule has 0 saturated heterocycles. The number of pyridine rings is 1. The minimum Gasteiger partial charge on any atom is -0.398 e. The van der Waals surface area contributed by atoms with Crippen LogP contribution in [0.4, 0.5) is 5.69 Å². The Morgan fingerprint density at radius 2 is 1.89 bits per heavy atom. The first-order valence-electron chi connectivity index (χ1n) is 5.59.